The van der Waals surface area contributed by atoms with Gasteiger partial charge < -0.3 is 9.64 Å². The minimum Gasteiger partial charge on any atom is -0.383 e. The van der Waals surface area contributed by atoms with E-state index in [1.54, 1.807) is 7.11 Å². The van der Waals surface area contributed by atoms with Crippen molar-refractivity contribution in [2.75, 3.05) is 27.3 Å². The second-order valence-corrected chi connectivity index (χ2v) is 8.34. The molecule has 0 aromatic carbocycles. The number of thiol groups is 1. The molecule has 1 aliphatic rings. The molecule has 0 unspecified atom stereocenters. The zero-order chi connectivity index (χ0) is 19.7. The minimum absolute atomic E-state index is 0.578. The Kier molecular flexibility index (Phi) is 5.75. The molecule has 0 radical (unpaired) electrons. The highest BCUT2D eigenvalue weighted by atomic mass is 32.1. The second-order valence-electron chi connectivity index (χ2n) is 7.91. The fourth-order valence-electron chi connectivity index (χ4n) is 4.39. The maximum Gasteiger partial charge on any atom is 0.150 e. The Bertz CT molecular complexity index is 942. The average Bonchev–Trinajstić information content (AvgIpc) is 3.29. The number of ether oxygens (including phenoxy) is 1. The van der Waals surface area contributed by atoms with Gasteiger partial charge in [0.2, 0.25) is 0 Å². The van der Waals surface area contributed by atoms with Crippen molar-refractivity contribution in [1.82, 2.24) is 23.6 Å². The smallest absolute Gasteiger partial charge is 0.150 e. The summed E-state index contributed by atoms with van der Waals surface area (Å²) in [4.78, 5) is 7.18. The largest absolute Gasteiger partial charge is 0.383 e. The van der Waals surface area contributed by atoms with Crippen LogP contribution < -0.4 is 0 Å². The van der Waals surface area contributed by atoms with Crippen LogP contribution in [0.4, 0.5) is 0 Å². The molecule has 3 aromatic heterocycles. The van der Waals surface area contributed by atoms with E-state index in [1.165, 1.54) is 31.2 Å². The number of rotatable bonds is 6. The third kappa shape index (κ3) is 3.83. The van der Waals surface area contributed by atoms with Gasteiger partial charge in [-0.1, -0.05) is 12.8 Å². The molecule has 1 saturated carbocycles. The van der Waals surface area contributed by atoms with Crippen LogP contribution in [0.5, 0.6) is 0 Å². The molecule has 7 heteroatoms. The molecule has 0 bridgehead atoms. The van der Waals surface area contributed by atoms with E-state index in [2.05, 4.69) is 35.9 Å². The number of aromatic nitrogens is 4. The summed E-state index contributed by atoms with van der Waals surface area (Å²) in [5, 5.41) is 5.47. The zero-order valence-electron chi connectivity index (χ0n) is 16.9. The van der Waals surface area contributed by atoms with Crippen LogP contribution in [0, 0.1) is 0 Å². The molecule has 150 valence electrons. The lowest BCUT2D eigenvalue weighted by atomic mass is 9.81. The number of pyridine rings is 1. The van der Waals surface area contributed by atoms with Gasteiger partial charge in [0.1, 0.15) is 5.65 Å². The number of nitrogens with zero attached hydrogens (tertiary/aromatic N) is 5. The molecule has 0 amide bonds. The number of hydrogen-bond acceptors (Lipinski definition) is 5. The van der Waals surface area contributed by atoms with Crippen molar-refractivity contribution in [3.8, 4) is 11.1 Å². The summed E-state index contributed by atoms with van der Waals surface area (Å²) in [7, 11) is 5.92. The Morgan fingerprint density at radius 3 is 2.68 bits per heavy atom. The van der Waals surface area contributed by atoms with Gasteiger partial charge in [-0.2, -0.15) is 5.10 Å². The Balaban J connectivity index is 1.54. The van der Waals surface area contributed by atoms with Gasteiger partial charge in [0, 0.05) is 61.8 Å². The maximum absolute atomic E-state index is 5.22. The molecule has 1 fully saturated rings. The number of fused-ring (bicyclic) bond motifs is 1. The van der Waals surface area contributed by atoms with Gasteiger partial charge in [-0.3, -0.25) is 8.65 Å². The first-order chi connectivity index (χ1) is 13.6. The van der Waals surface area contributed by atoms with Crippen molar-refractivity contribution >= 4 is 23.8 Å². The van der Waals surface area contributed by atoms with E-state index in [1.807, 2.05) is 40.5 Å². The Morgan fingerprint density at radius 1 is 1.21 bits per heavy atom. The van der Waals surface area contributed by atoms with Gasteiger partial charge in [-0.05, 0) is 50.3 Å². The Labute approximate surface area is 172 Å². The van der Waals surface area contributed by atoms with Crippen LogP contribution in [0.1, 0.15) is 37.2 Å². The summed E-state index contributed by atoms with van der Waals surface area (Å²) in [5.41, 5.74) is 4.48. The molecule has 3 aromatic rings. The standard InChI is InChI=1S/C21H29N5OS/c1-24(8-9-27-3)18-6-4-15(5-7-18)16-10-19-20(17-12-23-25(2)13-17)14-26(28)21(19)22-11-16/h10-15,18,28H,4-9H2,1-3H3/t15-,18-. The van der Waals surface area contributed by atoms with E-state index < -0.39 is 0 Å². The molecule has 0 atom stereocenters. The van der Waals surface area contributed by atoms with Crippen molar-refractivity contribution in [3.05, 3.63) is 36.4 Å². The van der Waals surface area contributed by atoms with E-state index in [4.69, 9.17) is 9.72 Å². The number of aryl methyl sites for hydroxylation is 1. The van der Waals surface area contributed by atoms with Crippen LogP contribution >= 0.6 is 12.8 Å². The van der Waals surface area contributed by atoms with Gasteiger partial charge >= 0.3 is 0 Å². The summed E-state index contributed by atoms with van der Waals surface area (Å²) in [5.74, 6) is 0.578. The van der Waals surface area contributed by atoms with Crippen LogP contribution in [-0.4, -0.2) is 57.0 Å². The lowest BCUT2D eigenvalue weighted by molar-refractivity contribution is 0.120. The highest BCUT2D eigenvalue weighted by Gasteiger charge is 2.25. The Hall–Kier alpha value is -1.83. The summed E-state index contributed by atoms with van der Waals surface area (Å²) in [6, 6.07) is 2.98. The van der Waals surface area contributed by atoms with Gasteiger partial charge in [0.25, 0.3) is 0 Å². The quantitative estimate of drug-likeness (QED) is 0.642. The molecule has 28 heavy (non-hydrogen) atoms. The van der Waals surface area contributed by atoms with E-state index in [9.17, 15) is 0 Å². The van der Waals surface area contributed by atoms with Gasteiger partial charge in [0.15, 0.2) is 0 Å². The Morgan fingerprint density at radius 2 is 2.00 bits per heavy atom. The first-order valence-corrected chi connectivity index (χ1v) is 10.3. The van der Waals surface area contributed by atoms with E-state index >= 15 is 0 Å². The maximum atomic E-state index is 5.22. The highest BCUT2D eigenvalue weighted by Crippen LogP contribution is 2.37. The normalized spacial score (nSPS) is 20.3. The molecule has 0 spiro atoms. The summed E-state index contributed by atoms with van der Waals surface area (Å²) in [6.45, 7) is 1.80. The first kappa shape index (κ1) is 19.5. The fraction of sp³-hybridized carbons (Fsp3) is 0.524. The second kappa shape index (κ2) is 8.27. The van der Waals surface area contributed by atoms with Crippen LogP contribution in [0.3, 0.4) is 0 Å². The summed E-state index contributed by atoms with van der Waals surface area (Å²) < 4.78 is 8.86. The van der Waals surface area contributed by atoms with Crippen molar-refractivity contribution in [3.63, 3.8) is 0 Å². The third-order valence-corrected chi connectivity index (χ3v) is 6.41. The van der Waals surface area contributed by atoms with E-state index in [0.29, 0.717) is 12.0 Å². The third-order valence-electron chi connectivity index (χ3n) is 6.10. The molecule has 6 nitrogen and oxygen atoms in total. The molecule has 0 aliphatic heterocycles. The van der Waals surface area contributed by atoms with Gasteiger partial charge in [0.05, 0.1) is 12.8 Å². The predicted octanol–water partition coefficient (Wildman–Crippen LogP) is 3.73. The van der Waals surface area contributed by atoms with Gasteiger partial charge in [-0.25, -0.2) is 4.98 Å². The molecule has 1 aliphatic carbocycles. The zero-order valence-corrected chi connectivity index (χ0v) is 17.8. The van der Waals surface area contributed by atoms with Crippen LogP contribution in [0.15, 0.2) is 30.9 Å². The number of likely N-dealkylation sites (N-methyl/N-ethyl adjacent to an activating group) is 1. The van der Waals surface area contributed by atoms with E-state index in [0.717, 1.165) is 35.3 Å². The lowest BCUT2D eigenvalue weighted by Crippen LogP contribution is -2.36. The van der Waals surface area contributed by atoms with Crippen LogP contribution in [-0.2, 0) is 11.8 Å². The molecule has 3 heterocycles. The number of methoxy groups -OCH3 is 1. The van der Waals surface area contributed by atoms with Gasteiger partial charge in [-0.15, -0.1) is 0 Å². The monoisotopic (exact) mass is 399 g/mol. The average molecular weight is 400 g/mol. The SMILES string of the molecule is COCCN(C)[C@H]1CC[C@H](c2cnc3c(c2)c(-c2cnn(C)c2)cn3S)CC1. The van der Waals surface area contributed by atoms with Crippen molar-refractivity contribution in [1.29, 1.82) is 0 Å². The van der Waals surface area contributed by atoms with Crippen molar-refractivity contribution in [2.24, 2.45) is 7.05 Å². The van der Waals surface area contributed by atoms with Crippen LogP contribution in [0.2, 0.25) is 0 Å². The first-order valence-electron chi connectivity index (χ1n) is 9.95. The molecular weight excluding hydrogens is 370 g/mol. The summed E-state index contributed by atoms with van der Waals surface area (Å²) >= 11 is 4.56. The van der Waals surface area contributed by atoms with E-state index in [-0.39, 0.29) is 0 Å². The molecule has 0 N–H and O–H groups in total. The lowest BCUT2D eigenvalue weighted by Gasteiger charge is -2.34. The van der Waals surface area contributed by atoms with Crippen molar-refractivity contribution < 1.29 is 4.74 Å². The highest BCUT2D eigenvalue weighted by molar-refractivity contribution is 7.78. The molecule has 4 rings (SSSR count). The van der Waals surface area contributed by atoms with Crippen LogP contribution in [0.25, 0.3) is 22.2 Å². The molecular formula is C21H29N5OS. The molecule has 0 saturated heterocycles. The van der Waals surface area contributed by atoms with Crippen molar-refractivity contribution in [2.45, 2.75) is 37.6 Å². The minimum atomic E-state index is 0.578. The topological polar surface area (TPSA) is 48.1 Å². The fourth-order valence-corrected chi connectivity index (χ4v) is 4.66. The number of hydrogen-bond donors (Lipinski definition) is 1. The predicted molar refractivity (Wildman–Crippen MR) is 116 cm³/mol. The summed E-state index contributed by atoms with van der Waals surface area (Å²) in [6.07, 6.45) is 12.9.